The van der Waals surface area contributed by atoms with E-state index in [1.165, 1.54) is 4.90 Å². The number of nitrogens with zero attached hydrogens (tertiary/aromatic N) is 2. The largest absolute Gasteiger partial charge is 0.480 e. The number of anilines is 1. The van der Waals surface area contributed by atoms with Crippen LogP contribution in [0.5, 0.6) is 5.75 Å². The lowest BCUT2D eigenvalue weighted by Gasteiger charge is -2.37. The van der Waals surface area contributed by atoms with Gasteiger partial charge in [0.25, 0.3) is 11.8 Å². The van der Waals surface area contributed by atoms with Gasteiger partial charge in [0.1, 0.15) is 5.75 Å². The van der Waals surface area contributed by atoms with Gasteiger partial charge in [0.2, 0.25) is 0 Å². The average Bonchev–Trinajstić information content (AvgIpc) is 2.82. The van der Waals surface area contributed by atoms with Crippen molar-refractivity contribution in [2.75, 3.05) is 43.9 Å². The molecule has 2 heterocycles. The third-order valence-corrected chi connectivity index (χ3v) is 7.43. The Morgan fingerprint density at radius 2 is 1.81 bits per heavy atom. The van der Waals surface area contributed by atoms with Gasteiger partial charge >= 0.3 is 6.18 Å². The number of hydrogen-bond acceptors (Lipinski definition) is 6. The van der Waals surface area contributed by atoms with Gasteiger partial charge in [-0.1, -0.05) is 12.1 Å². The smallest absolute Gasteiger partial charge is 0.425 e. The lowest BCUT2D eigenvalue weighted by molar-refractivity contribution is -0.189. The van der Waals surface area contributed by atoms with Crippen molar-refractivity contribution in [3.8, 4) is 5.75 Å². The fourth-order valence-electron chi connectivity index (χ4n) is 4.31. The van der Waals surface area contributed by atoms with E-state index < -0.39 is 28.0 Å². The Bertz CT molecular complexity index is 1290. The van der Waals surface area contributed by atoms with Crippen LogP contribution >= 0.6 is 0 Å². The summed E-state index contributed by atoms with van der Waals surface area (Å²) in [4.78, 5) is 29.1. The molecule has 0 spiro atoms. The molecule has 2 amide bonds. The molecular weight excluding hydrogens is 499 g/mol. The van der Waals surface area contributed by atoms with Crippen molar-refractivity contribution in [3.63, 3.8) is 0 Å². The van der Waals surface area contributed by atoms with E-state index in [0.717, 1.165) is 49.1 Å². The van der Waals surface area contributed by atoms with Gasteiger partial charge in [-0.25, -0.2) is 8.42 Å². The average molecular weight is 526 g/mol. The molecule has 0 unspecified atom stereocenters. The monoisotopic (exact) mass is 525 g/mol. The molecule has 1 saturated heterocycles. The van der Waals surface area contributed by atoms with Gasteiger partial charge in [-0.3, -0.25) is 9.59 Å². The zero-order chi connectivity index (χ0) is 26.3. The minimum absolute atomic E-state index is 0.150. The summed E-state index contributed by atoms with van der Waals surface area (Å²) in [6.45, 7) is 2.60. The molecule has 0 radical (unpaired) electrons. The molecule has 2 aromatic rings. The molecular formula is C24H26F3N3O5S. The molecule has 0 saturated carbocycles. The van der Waals surface area contributed by atoms with Crippen molar-refractivity contribution in [1.82, 2.24) is 10.2 Å². The number of rotatable bonds is 5. The second-order valence-electron chi connectivity index (χ2n) is 8.83. The lowest BCUT2D eigenvalue weighted by atomic mass is 9.97. The number of halogens is 3. The number of hydrogen-bond donors (Lipinski definition) is 1. The van der Waals surface area contributed by atoms with Gasteiger partial charge in [-0.2, -0.15) is 13.2 Å². The van der Waals surface area contributed by atoms with Gasteiger partial charge in [-0.15, -0.1) is 0 Å². The molecule has 1 atom stereocenters. The summed E-state index contributed by atoms with van der Waals surface area (Å²) in [5.74, 6) is -1.12. The first-order valence-corrected chi connectivity index (χ1v) is 13.3. The van der Waals surface area contributed by atoms with Crippen LogP contribution in [0.2, 0.25) is 0 Å². The van der Waals surface area contributed by atoms with Crippen LogP contribution in [0, 0.1) is 0 Å². The van der Waals surface area contributed by atoms with Gasteiger partial charge in [-0.05, 0) is 43.2 Å². The maximum Gasteiger partial charge on any atom is 0.425 e. The van der Waals surface area contributed by atoms with Crippen molar-refractivity contribution in [2.24, 2.45) is 0 Å². The third kappa shape index (κ3) is 5.28. The molecule has 36 heavy (non-hydrogen) atoms. The zero-order valence-corrected chi connectivity index (χ0v) is 20.6. The number of benzene rings is 2. The summed E-state index contributed by atoms with van der Waals surface area (Å²) in [5.41, 5.74) is 2.08. The van der Waals surface area contributed by atoms with E-state index in [-0.39, 0.29) is 35.2 Å². The number of carbonyl (C=O) groups is 2. The zero-order valence-electron chi connectivity index (χ0n) is 19.8. The van der Waals surface area contributed by atoms with Crippen LogP contribution in [0.1, 0.15) is 33.2 Å². The first-order valence-electron chi connectivity index (χ1n) is 11.4. The summed E-state index contributed by atoms with van der Waals surface area (Å²) in [5, 5.41) is 2.84. The topological polar surface area (TPSA) is 96.0 Å². The van der Waals surface area contributed by atoms with Crippen molar-refractivity contribution < 1.29 is 35.9 Å². The molecule has 2 aromatic carbocycles. The van der Waals surface area contributed by atoms with Crippen LogP contribution in [-0.4, -0.2) is 76.4 Å². The van der Waals surface area contributed by atoms with Crippen LogP contribution in [0.4, 0.5) is 18.9 Å². The van der Waals surface area contributed by atoms with Crippen LogP contribution in [0.25, 0.3) is 0 Å². The molecule has 0 aromatic heterocycles. The molecule has 4 rings (SSSR count). The highest BCUT2D eigenvalue weighted by Gasteiger charge is 2.39. The van der Waals surface area contributed by atoms with Crippen molar-refractivity contribution in [1.29, 1.82) is 0 Å². The Morgan fingerprint density at radius 1 is 1.11 bits per heavy atom. The van der Waals surface area contributed by atoms with Gasteiger partial charge < -0.3 is 19.9 Å². The van der Waals surface area contributed by atoms with Crippen LogP contribution in [-0.2, 0) is 16.3 Å². The lowest BCUT2D eigenvalue weighted by Crippen LogP contribution is -2.49. The Hall–Kier alpha value is -3.28. The van der Waals surface area contributed by atoms with E-state index in [9.17, 15) is 31.2 Å². The standard InChI is InChI=1S/C24H26F3N3O5S/c1-15(24(25,26)27)35-20-7-6-17(36(2,33)34)14-18(20)23(32)30-12-10-29(11-13-30)19-5-3-4-16-8-9-28-22(31)21(16)19/h3-7,14-15H,8-13H2,1-2H3,(H,28,31)/t15-/m0/s1. The summed E-state index contributed by atoms with van der Waals surface area (Å²) < 4.78 is 68.4. The number of nitrogens with one attached hydrogen (secondary N) is 1. The molecule has 1 fully saturated rings. The maximum atomic E-state index is 13.3. The molecule has 0 aliphatic carbocycles. The second-order valence-corrected chi connectivity index (χ2v) is 10.8. The van der Waals surface area contributed by atoms with Gasteiger partial charge in [0.05, 0.1) is 16.0 Å². The van der Waals surface area contributed by atoms with E-state index in [1.807, 2.05) is 23.1 Å². The normalized spacial score (nSPS) is 17.3. The molecule has 1 N–H and O–H groups in total. The number of amides is 2. The molecule has 12 heteroatoms. The van der Waals surface area contributed by atoms with Crippen molar-refractivity contribution >= 4 is 27.3 Å². The second kappa shape index (κ2) is 9.64. The maximum absolute atomic E-state index is 13.3. The summed E-state index contributed by atoms with van der Waals surface area (Å²) in [7, 11) is -3.72. The Balaban J connectivity index is 1.57. The summed E-state index contributed by atoms with van der Waals surface area (Å²) in [6.07, 6.45) is -5.18. The van der Waals surface area contributed by atoms with E-state index in [0.29, 0.717) is 25.2 Å². The predicted octanol–water partition coefficient (Wildman–Crippen LogP) is 2.67. The van der Waals surface area contributed by atoms with E-state index in [4.69, 9.17) is 4.74 Å². The number of ether oxygens (including phenoxy) is 1. The highest BCUT2D eigenvalue weighted by molar-refractivity contribution is 7.90. The van der Waals surface area contributed by atoms with E-state index in [1.54, 1.807) is 0 Å². The Labute approximate surface area is 206 Å². The molecule has 2 aliphatic rings. The summed E-state index contributed by atoms with van der Waals surface area (Å²) >= 11 is 0. The van der Waals surface area contributed by atoms with Crippen LogP contribution in [0.3, 0.4) is 0 Å². The quantitative estimate of drug-likeness (QED) is 0.645. The Morgan fingerprint density at radius 3 is 2.44 bits per heavy atom. The van der Waals surface area contributed by atoms with Crippen LogP contribution in [0.15, 0.2) is 41.3 Å². The first-order chi connectivity index (χ1) is 16.9. The van der Waals surface area contributed by atoms with E-state index in [2.05, 4.69) is 5.32 Å². The molecule has 194 valence electrons. The van der Waals surface area contributed by atoms with E-state index >= 15 is 0 Å². The fourth-order valence-corrected chi connectivity index (χ4v) is 4.95. The SMILES string of the molecule is C[C@H](Oc1ccc(S(C)(=O)=O)cc1C(=O)N1CCN(c2cccc3c2C(=O)NCC3)CC1)C(F)(F)F. The van der Waals surface area contributed by atoms with Crippen molar-refractivity contribution in [3.05, 3.63) is 53.1 Å². The fraction of sp³-hybridized carbons (Fsp3) is 0.417. The predicted molar refractivity (Wildman–Crippen MR) is 126 cm³/mol. The van der Waals surface area contributed by atoms with Gasteiger partial charge in [0, 0.05) is 44.7 Å². The highest BCUT2D eigenvalue weighted by Crippen LogP contribution is 2.31. The third-order valence-electron chi connectivity index (χ3n) is 6.32. The van der Waals surface area contributed by atoms with Crippen molar-refractivity contribution in [2.45, 2.75) is 30.5 Å². The highest BCUT2D eigenvalue weighted by atomic mass is 32.2. The minimum Gasteiger partial charge on any atom is -0.480 e. The number of sulfone groups is 1. The Kier molecular flexibility index (Phi) is 6.91. The molecule has 0 bridgehead atoms. The number of fused-ring (bicyclic) bond motifs is 1. The summed E-state index contributed by atoms with van der Waals surface area (Å²) in [6, 6.07) is 8.90. The molecule has 8 nitrogen and oxygen atoms in total. The van der Waals surface area contributed by atoms with Gasteiger partial charge in [0.15, 0.2) is 15.9 Å². The first kappa shape index (κ1) is 25.8. The van der Waals surface area contributed by atoms with Crippen LogP contribution < -0.4 is 15.0 Å². The number of carbonyl (C=O) groups excluding carboxylic acids is 2. The minimum atomic E-state index is -4.66. The molecule has 2 aliphatic heterocycles. The number of piperazine rings is 1. The number of alkyl halides is 3.